The lowest BCUT2D eigenvalue weighted by Gasteiger charge is -2.14. The Morgan fingerprint density at radius 2 is 1.89 bits per heavy atom. The Kier molecular flexibility index (Phi) is 6.52. The average molecular weight is 286 g/mol. The number of amides is 2. The zero-order chi connectivity index (χ0) is 13.9. The van der Waals surface area contributed by atoms with Crippen LogP contribution in [0.4, 0.5) is 5.69 Å². The molecule has 0 radical (unpaired) electrons. The minimum absolute atomic E-state index is 0. The Bertz CT molecular complexity index is 473. The Morgan fingerprint density at radius 1 is 1.32 bits per heavy atom. The first kappa shape index (κ1) is 17.4. The van der Waals surface area contributed by atoms with E-state index in [1.807, 2.05) is 6.92 Å². The van der Waals surface area contributed by atoms with Gasteiger partial charge in [0, 0.05) is 25.3 Å². The molecule has 0 fully saturated rings. The lowest BCUT2D eigenvalue weighted by Crippen LogP contribution is -2.32. The largest absolute Gasteiger partial charge is 0.345 e. The molecular weight excluding hydrogens is 266 g/mol. The molecule has 0 saturated carbocycles. The number of benzene rings is 1. The highest BCUT2D eigenvalue weighted by atomic mass is 35.5. The van der Waals surface area contributed by atoms with E-state index >= 15 is 0 Å². The smallest absolute Gasteiger partial charge is 0.253 e. The molecule has 6 heteroatoms. The van der Waals surface area contributed by atoms with Gasteiger partial charge in [0.25, 0.3) is 5.91 Å². The molecule has 106 valence electrons. The average Bonchev–Trinajstić information content (AvgIpc) is 2.30. The third-order valence-electron chi connectivity index (χ3n) is 2.56. The molecule has 0 saturated heterocycles. The van der Waals surface area contributed by atoms with Gasteiger partial charge in [-0.05, 0) is 31.5 Å². The minimum Gasteiger partial charge on any atom is -0.345 e. The second-order valence-corrected chi connectivity index (χ2v) is 4.51. The number of halogens is 1. The molecule has 0 aliphatic heterocycles. The van der Waals surface area contributed by atoms with Crippen LogP contribution in [0.25, 0.3) is 0 Å². The highest BCUT2D eigenvalue weighted by Crippen LogP contribution is 2.17. The number of rotatable bonds is 3. The van der Waals surface area contributed by atoms with Crippen molar-refractivity contribution in [2.24, 2.45) is 5.73 Å². The summed E-state index contributed by atoms with van der Waals surface area (Å²) in [6.07, 6.45) is 0. The monoisotopic (exact) mass is 285 g/mol. The van der Waals surface area contributed by atoms with E-state index in [0.29, 0.717) is 11.3 Å². The van der Waals surface area contributed by atoms with E-state index in [2.05, 4.69) is 5.32 Å². The van der Waals surface area contributed by atoms with Crippen molar-refractivity contribution in [3.63, 3.8) is 0 Å². The van der Waals surface area contributed by atoms with Crippen LogP contribution in [-0.4, -0.2) is 36.9 Å². The molecule has 1 atom stereocenters. The van der Waals surface area contributed by atoms with Gasteiger partial charge >= 0.3 is 0 Å². The van der Waals surface area contributed by atoms with Crippen LogP contribution in [0.1, 0.15) is 22.8 Å². The number of anilines is 1. The number of aryl methyl sites for hydroxylation is 1. The van der Waals surface area contributed by atoms with E-state index in [1.165, 1.54) is 4.90 Å². The number of carbonyl (C=O) groups excluding carboxylic acids is 2. The van der Waals surface area contributed by atoms with Gasteiger partial charge in [0.2, 0.25) is 5.91 Å². The molecule has 0 aliphatic rings. The molecular formula is C13H20ClN3O2. The Labute approximate surface area is 119 Å². The van der Waals surface area contributed by atoms with Crippen LogP contribution >= 0.6 is 12.4 Å². The van der Waals surface area contributed by atoms with Gasteiger partial charge in [-0.3, -0.25) is 9.59 Å². The van der Waals surface area contributed by atoms with Crippen LogP contribution < -0.4 is 11.1 Å². The standard InChI is InChI=1S/C13H19N3O2.ClH/c1-8-5-6-10(13(18)16(3)4)7-11(8)15-12(17)9(2)14;/h5-7,9H,14H2,1-4H3,(H,15,17);1H/t9-;/m0./s1. The molecule has 0 aliphatic carbocycles. The summed E-state index contributed by atoms with van der Waals surface area (Å²) in [4.78, 5) is 24.9. The first-order valence-electron chi connectivity index (χ1n) is 5.71. The van der Waals surface area contributed by atoms with Crippen molar-refractivity contribution in [2.75, 3.05) is 19.4 Å². The second-order valence-electron chi connectivity index (χ2n) is 4.51. The van der Waals surface area contributed by atoms with Crippen molar-refractivity contribution in [2.45, 2.75) is 19.9 Å². The van der Waals surface area contributed by atoms with Crippen molar-refractivity contribution in [1.82, 2.24) is 4.90 Å². The van der Waals surface area contributed by atoms with Crippen molar-refractivity contribution >= 4 is 29.9 Å². The number of nitrogens with two attached hydrogens (primary N) is 1. The number of carbonyl (C=O) groups is 2. The molecule has 5 nitrogen and oxygen atoms in total. The SMILES string of the molecule is Cc1ccc(C(=O)N(C)C)cc1NC(=O)[C@H](C)N.Cl. The van der Waals surface area contributed by atoms with Crippen LogP contribution in [-0.2, 0) is 4.79 Å². The fraction of sp³-hybridized carbons (Fsp3) is 0.385. The minimum atomic E-state index is -0.586. The third kappa shape index (κ3) is 4.54. The maximum absolute atomic E-state index is 11.8. The van der Waals surface area contributed by atoms with Crippen LogP contribution in [0, 0.1) is 6.92 Å². The zero-order valence-corrected chi connectivity index (χ0v) is 12.4. The maximum atomic E-state index is 11.8. The molecule has 0 heterocycles. The second kappa shape index (κ2) is 7.11. The van der Waals surface area contributed by atoms with E-state index in [9.17, 15) is 9.59 Å². The quantitative estimate of drug-likeness (QED) is 0.881. The summed E-state index contributed by atoms with van der Waals surface area (Å²) in [6, 6.07) is 4.61. The Balaban J connectivity index is 0.00000324. The van der Waals surface area contributed by atoms with Gasteiger partial charge in [-0.15, -0.1) is 12.4 Å². The van der Waals surface area contributed by atoms with Crippen LogP contribution in [0.5, 0.6) is 0 Å². The van der Waals surface area contributed by atoms with E-state index < -0.39 is 6.04 Å². The number of nitrogens with zero attached hydrogens (tertiary/aromatic N) is 1. The van der Waals surface area contributed by atoms with E-state index in [4.69, 9.17) is 5.73 Å². The first-order chi connectivity index (χ1) is 8.32. The number of hydrogen-bond acceptors (Lipinski definition) is 3. The summed E-state index contributed by atoms with van der Waals surface area (Å²) in [5.74, 6) is -0.376. The molecule has 3 N–H and O–H groups in total. The van der Waals surface area contributed by atoms with E-state index in [0.717, 1.165) is 5.56 Å². The highest BCUT2D eigenvalue weighted by Gasteiger charge is 2.13. The van der Waals surface area contributed by atoms with Crippen molar-refractivity contribution in [3.8, 4) is 0 Å². The van der Waals surface area contributed by atoms with Gasteiger partial charge in [0.1, 0.15) is 0 Å². The summed E-state index contributed by atoms with van der Waals surface area (Å²) in [6.45, 7) is 3.47. The number of hydrogen-bond donors (Lipinski definition) is 2. The van der Waals surface area contributed by atoms with Gasteiger partial charge in [-0.1, -0.05) is 6.07 Å². The van der Waals surface area contributed by atoms with Gasteiger partial charge in [0.05, 0.1) is 6.04 Å². The predicted molar refractivity (Wildman–Crippen MR) is 78.7 cm³/mol. The fourth-order valence-corrected chi connectivity index (χ4v) is 1.39. The fourth-order valence-electron chi connectivity index (χ4n) is 1.39. The summed E-state index contributed by atoms with van der Waals surface area (Å²) in [7, 11) is 3.37. The van der Waals surface area contributed by atoms with Crippen molar-refractivity contribution < 1.29 is 9.59 Å². The van der Waals surface area contributed by atoms with Gasteiger partial charge in [0.15, 0.2) is 0 Å². The van der Waals surface area contributed by atoms with E-state index in [1.54, 1.807) is 39.2 Å². The topological polar surface area (TPSA) is 75.4 Å². The lowest BCUT2D eigenvalue weighted by molar-refractivity contribution is -0.117. The number of nitrogens with one attached hydrogen (secondary N) is 1. The predicted octanol–water partition coefficient (Wildman–Crippen LogP) is 1.40. The molecule has 1 aromatic carbocycles. The molecule has 0 unspecified atom stereocenters. The summed E-state index contributed by atoms with van der Waals surface area (Å²) >= 11 is 0. The van der Waals surface area contributed by atoms with Crippen molar-refractivity contribution in [3.05, 3.63) is 29.3 Å². The zero-order valence-electron chi connectivity index (χ0n) is 11.6. The first-order valence-corrected chi connectivity index (χ1v) is 5.71. The third-order valence-corrected chi connectivity index (χ3v) is 2.56. The van der Waals surface area contributed by atoms with Crippen LogP contribution in [0.2, 0.25) is 0 Å². The van der Waals surface area contributed by atoms with Crippen molar-refractivity contribution in [1.29, 1.82) is 0 Å². The normalized spacial score (nSPS) is 11.2. The Hall–Kier alpha value is -1.59. The van der Waals surface area contributed by atoms with Crippen LogP contribution in [0.3, 0.4) is 0 Å². The molecule has 1 aromatic rings. The van der Waals surface area contributed by atoms with E-state index in [-0.39, 0.29) is 24.2 Å². The van der Waals surface area contributed by atoms with Gasteiger partial charge in [-0.25, -0.2) is 0 Å². The summed E-state index contributed by atoms with van der Waals surface area (Å²) < 4.78 is 0. The van der Waals surface area contributed by atoms with Gasteiger partial charge in [-0.2, -0.15) is 0 Å². The molecule has 0 aromatic heterocycles. The summed E-state index contributed by atoms with van der Waals surface area (Å²) in [5.41, 5.74) is 7.53. The molecule has 1 rings (SSSR count). The lowest BCUT2D eigenvalue weighted by atomic mass is 10.1. The summed E-state index contributed by atoms with van der Waals surface area (Å²) in [5, 5.41) is 2.71. The molecule has 2 amide bonds. The molecule has 19 heavy (non-hydrogen) atoms. The Morgan fingerprint density at radius 3 is 2.37 bits per heavy atom. The van der Waals surface area contributed by atoms with Crippen LogP contribution in [0.15, 0.2) is 18.2 Å². The highest BCUT2D eigenvalue weighted by molar-refractivity contribution is 5.98. The van der Waals surface area contributed by atoms with Gasteiger partial charge < -0.3 is 16.0 Å². The molecule has 0 bridgehead atoms. The maximum Gasteiger partial charge on any atom is 0.253 e. The molecule has 0 spiro atoms.